The molecule has 3 atom stereocenters. The molecule has 0 radical (unpaired) electrons. The minimum Gasteiger partial charge on any atom is -0.464 e. The fraction of sp³-hybridized carbons (Fsp3) is 0.356. The molecule has 8 rings (SSSR count). The number of fused-ring (bicyclic) bond motifs is 6. The summed E-state index contributed by atoms with van der Waals surface area (Å²) in [5.74, 6) is 1.52. The number of hydrogen-bond acceptors (Lipinski definition) is 8. The molecule has 0 saturated carbocycles. The number of likely N-dealkylation sites (tertiary alicyclic amines) is 1. The minimum absolute atomic E-state index is 0.176. The third-order valence-electron chi connectivity index (χ3n) is 9.93. The molecular weight excluding hydrogens is 738 g/mol. The molecule has 0 bridgehead atoms. The van der Waals surface area contributed by atoms with Gasteiger partial charge in [0, 0.05) is 53.6 Å². The van der Waals surface area contributed by atoms with Crippen LogP contribution in [0.1, 0.15) is 82.9 Å². The lowest BCUT2D eigenvalue weighted by Crippen LogP contribution is -2.36. The molecular formula is C45H52FN7O3S. The van der Waals surface area contributed by atoms with Crippen LogP contribution in [0.4, 0.5) is 9.18 Å². The van der Waals surface area contributed by atoms with Gasteiger partial charge in [-0.2, -0.15) is 0 Å². The molecule has 3 aromatic heterocycles. The van der Waals surface area contributed by atoms with Crippen LogP contribution in [-0.2, 0) is 4.74 Å². The van der Waals surface area contributed by atoms with Gasteiger partial charge in [-0.15, -0.1) is 11.3 Å². The van der Waals surface area contributed by atoms with Crippen LogP contribution < -0.4 is 15.4 Å². The molecule has 0 spiro atoms. The Bertz CT molecular complexity index is 2370. The number of aliphatic imine (C=N–C) groups is 1. The number of halogens is 1. The molecule has 2 aliphatic heterocycles. The van der Waals surface area contributed by atoms with Crippen LogP contribution in [0.3, 0.4) is 0 Å². The van der Waals surface area contributed by atoms with Crippen molar-refractivity contribution in [2.24, 2.45) is 4.99 Å². The Morgan fingerprint density at radius 3 is 2.72 bits per heavy atom. The second kappa shape index (κ2) is 17.0. The standard InChI is InChI=1S/C43H46FN7O3S.C2H6/c1-26(44)23-46-16-17-47-32(24-45-5)27-13-15-34-30(19-27)20-36-31-14-12-28(21-37(31)53-41(51(34)36)39-22-29-9-6-7-11-38(29)55-39)33-25-48-40(49-33)35-10-8-18-50(35)42(52)54-43(2,3)4;1-2/h6-7,9,11-15,19-22,24-26,35,41,46-47H,5,8,10,16-18,23H2,1-4H3,(H,48,49);1-2H3/b32-24-;. The summed E-state index contributed by atoms with van der Waals surface area (Å²) in [5, 5.41) is 8.80. The van der Waals surface area contributed by atoms with Crippen molar-refractivity contribution in [1.29, 1.82) is 0 Å². The second-order valence-electron chi connectivity index (χ2n) is 15.2. The number of aromatic amines is 1. The van der Waals surface area contributed by atoms with Gasteiger partial charge in [0.25, 0.3) is 0 Å². The summed E-state index contributed by atoms with van der Waals surface area (Å²) in [6.45, 7) is 17.1. The van der Waals surface area contributed by atoms with Crippen LogP contribution >= 0.6 is 11.3 Å². The zero-order valence-electron chi connectivity index (χ0n) is 33.6. The third-order valence-corrected chi connectivity index (χ3v) is 11.1. The van der Waals surface area contributed by atoms with E-state index in [1.165, 1.54) is 10.1 Å². The minimum atomic E-state index is -0.899. The maximum Gasteiger partial charge on any atom is 0.410 e. The SMILES string of the molecule is C=N/C=C(\NCCNCC(C)F)c1ccc2c(c1)cc1n2C(c2cc3ccccc3s2)Oc2cc(-c3cnc(C4CCCN4C(=O)OC(C)(C)C)[nH]3)ccc2-1.CC. The van der Waals surface area contributed by atoms with Crippen molar-refractivity contribution >= 4 is 50.8 Å². The van der Waals surface area contributed by atoms with Crippen LogP contribution in [0.2, 0.25) is 0 Å². The fourth-order valence-electron chi connectivity index (χ4n) is 7.49. The first-order chi connectivity index (χ1) is 27.6. The lowest BCUT2D eigenvalue weighted by Gasteiger charge is -2.29. The highest BCUT2D eigenvalue weighted by atomic mass is 32.1. The van der Waals surface area contributed by atoms with Crippen LogP contribution in [0, 0.1) is 0 Å². The predicted octanol–water partition coefficient (Wildman–Crippen LogP) is 10.5. The lowest BCUT2D eigenvalue weighted by molar-refractivity contribution is 0.0218. The van der Waals surface area contributed by atoms with E-state index in [-0.39, 0.29) is 12.1 Å². The highest BCUT2D eigenvalue weighted by Gasteiger charge is 2.35. The van der Waals surface area contributed by atoms with E-state index in [4.69, 9.17) is 14.5 Å². The summed E-state index contributed by atoms with van der Waals surface area (Å²) in [7, 11) is 0. The highest BCUT2D eigenvalue weighted by molar-refractivity contribution is 7.19. The topological polar surface area (TPSA) is 109 Å². The molecule has 0 aliphatic carbocycles. The number of ether oxygens (including phenoxy) is 2. The van der Waals surface area contributed by atoms with Gasteiger partial charge in [0.1, 0.15) is 23.3 Å². The van der Waals surface area contributed by atoms with Crippen LogP contribution in [0.25, 0.3) is 49.2 Å². The first-order valence-electron chi connectivity index (χ1n) is 19.8. The van der Waals surface area contributed by atoms with Crippen LogP contribution in [-0.4, -0.2) is 70.2 Å². The van der Waals surface area contributed by atoms with Gasteiger partial charge in [-0.3, -0.25) is 14.5 Å². The Hall–Kier alpha value is -5.46. The molecule has 2 aliphatic rings. The number of thiophene rings is 1. The van der Waals surface area contributed by atoms with Gasteiger partial charge >= 0.3 is 6.09 Å². The average molecular weight is 790 g/mol. The Balaban J connectivity index is 0.00000244. The number of aromatic nitrogens is 3. The summed E-state index contributed by atoms with van der Waals surface area (Å²) < 4.78 is 29.5. The zero-order chi connectivity index (χ0) is 40.3. The number of amides is 1. The first-order valence-corrected chi connectivity index (χ1v) is 20.6. The largest absolute Gasteiger partial charge is 0.464 e. The van der Waals surface area contributed by atoms with Gasteiger partial charge < -0.3 is 25.1 Å². The molecule has 3 N–H and O–H groups in total. The van der Waals surface area contributed by atoms with Crippen molar-refractivity contribution in [1.82, 2.24) is 30.1 Å². The number of imidazole rings is 1. The monoisotopic (exact) mass is 789 g/mol. The van der Waals surface area contributed by atoms with Crippen molar-refractivity contribution in [3.8, 4) is 28.3 Å². The maximum atomic E-state index is 13.3. The first kappa shape index (κ1) is 39.8. The van der Waals surface area contributed by atoms with Gasteiger partial charge in [-0.25, -0.2) is 14.2 Å². The van der Waals surface area contributed by atoms with E-state index in [0.29, 0.717) is 26.2 Å². The summed E-state index contributed by atoms with van der Waals surface area (Å²) in [6, 6.07) is 25.3. The number of carbonyl (C=O) groups is 1. The van der Waals surface area contributed by atoms with Crippen LogP contribution in [0.5, 0.6) is 5.75 Å². The van der Waals surface area contributed by atoms with Gasteiger partial charge in [0.15, 0.2) is 0 Å². The number of alkyl halides is 1. The number of hydrogen-bond donors (Lipinski definition) is 3. The molecule has 57 heavy (non-hydrogen) atoms. The maximum absolute atomic E-state index is 13.3. The Kier molecular flexibility index (Phi) is 11.8. The number of benzene rings is 3. The van der Waals surface area contributed by atoms with Crippen molar-refractivity contribution in [2.45, 2.75) is 78.4 Å². The summed E-state index contributed by atoms with van der Waals surface area (Å²) in [5.41, 5.74) is 6.11. The van der Waals surface area contributed by atoms with Crippen molar-refractivity contribution in [3.05, 3.63) is 101 Å². The molecule has 3 unspecified atom stereocenters. The molecule has 1 saturated heterocycles. The third kappa shape index (κ3) is 8.47. The van der Waals surface area contributed by atoms with Crippen molar-refractivity contribution in [3.63, 3.8) is 0 Å². The normalized spacial score (nSPS) is 17.0. The summed E-state index contributed by atoms with van der Waals surface area (Å²) >= 11 is 1.73. The molecule has 10 nitrogen and oxygen atoms in total. The lowest BCUT2D eigenvalue weighted by atomic mass is 10.0. The predicted molar refractivity (Wildman–Crippen MR) is 231 cm³/mol. The average Bonchev–Trinajstić information content (AvgIpc) is 4.02. The van der Waals surface area contributed by atoms with Gasteiger partial charge in [0.05, 0.1) is 39.7 Å². The van der Waals surface area contributed by atoms with Crippen molar-refractivity contribution in [2.75, 3.05) is 26.2 Å². The Labute approximate surface area is 337 Å². The number of nitrogens with one attached hydrogen (secondary N) is 3. The van der Waals surface area contributed by atoms with E-state index in [0.717, 1.165) is 74.0 Å². The fourth-order valence-corrected chi connectivity index (χ4v) is 8.57. The molecule has 1 fully saturated rings. The number of carbonyl (C=O) groups excluding carboxylic acids is 1. The van der Waals surface area contributed by atoms with E-state index in [1.54, 1.807) is 29.4 Å². The van der Waals surface area contributed by atoms with E-state index < -0.39 is 18.0 Å². The highest BCUT2D eigenvalue weighted by Crippen LogP contribution is 2.47. The Morgan fingerprint density at radius 1 is 1.12 bits per heavy atom. The molecule has 5 heterocycles. The molecule has 6 aromatic rings. The van der Waals surface area contributed by atoms with Gasteiger partial charge in [-0.1, -0.05) is 44.2 Å². The van der Waals surface area contributed by atoms with Crippen molar-refractivity contribution < 1.29 is 18.7 Å². The zero-order valence-corrected chi connectivity index (χ0v) is 34.4. The number of rotatable bonds is 11. The van der Waals surface area contributed by atoms with Crippen LogP contribution in [0.15, 0.2) is 90.2 Å². The molecule has 12 heteroatoms. The summed E-state index contributed by atoms with van der Waals surface area (Å²) in [4.78, 5) is 28.2. The van der Waals surface area contributed by atoms with Gasteiger partial charge in [-0.05, 0) is 101 Å². The smallest absolute Gasteiger partial charge is 0.410 e. The van der Waals surface area contributed by atoms with E-state index in [1.807, 2.05) is 40.8 Å². The number of nitrogens with zero attached hydrogens (tertiary/aromatic N) is 4. The summed E-state index contributed by atoms with van der Waals surface area (Å²) in [6.07, 6.45) is 3.64. The Morgan fingerprint density at radius 2 is 1.95 bits per heavy atom. The quantitative estimate of drug-likeness (QED) is 0.0891. The molecule has 3 aromatic carbocycles. The van der Waals surface area contributed by atoms with E-state index in [2.05, 4.69) is 105 Å². The molecule has 1 amide bonds. The van der Waals surface area contributed by atoms with E-state index in [9.17, 15) is 9.18 Å². The molecule has 298 valence electrons. The van der Waals surface area contributed by atoms with Gasteiger partial charge in [0.2, 0.25) is 6.23 Å². The number of H-pyrrole nitrogens is 1. The second-order valence-corrected chi connectivity index (χ2v) is 16.3. The van der Waals surface area contributed by atoms with E-state index >= 15 is 0 Å².